The second-order valence-corrected chi connectivity index (χ2v) is 18.4. The van der Waals surface area contributed by atoms with E-state index in [-0.39, 0.29) is 25.9 Å². The van der Waals surface area contributed by atoms with E-state index in [9.17, 15) is 34.5 Å². The van der Waals surface area contributed by atoms with E-state index in [0.717, 1.165) is 77.0 Å². The zero-order valence-electron chi connectivity index (χ0n) is 40.0. The van der Waals surface area contributed by atoms with E-state index < -0.39 is 40.6 Å². The Bertz CT molecular complexity index is 1020. The van der Waals surface area contributed by atoms with Crippen LogP contribution >= 0.6 is 0 Å². The molecule has 0 aromatic heterocycles. The van der Waals surface area contributed by atoms with Crippen LogP contribution in [-0.2, 0) is 23.9 Å². The van der Waals surface area contributed by atoms with Gasteiger partial charge in [0, 0.05) is 13.0 Å². The van der Waals surface area contributed by atoms with Crippen molar-refractivity contribution in [3.05, 3.63) is 0 Å². The molecule has 0 radical (unpaired) electrons. The molecule has 0 aliphatic carbocycles. The lowest BCUT2D eigenvalue weighted by Gasteiger charge is -2.47. The molecule has 0 rings (SSSR count). The van der Waals surface area contributed by atoms with Crippen LogP contribution in [0.1, 0.15) is 285 Å². The number of ketones is 1. The molecule has 2 unspecified atom stereocenters. The van der Waals surface area contributed by atoms with Gasteiger partial charge in [0.2, 0.25) is 5.60 Å². The van der Waals surface area contributed by atoms with E-state index in [4.69, 9.17) is 4.74 Å². The molecule has 3 N–H and O–H groups in total. The normalized spacial score (nSPS) is 13.3. The summed E-state index contributed by atoms with van der Waals surface area (Å²) in [6, 6.07) is 0. The van der Waals surface area contributed by atoms with Crippen LogP contribution in [0.4, 0.5) is 0 Å². The predicted molar refractivity (Wildman–Crippen MR) is 250 cm³/mol. The summed E-state index contributed by atoms with van der Waals surface area (Å²) < 4.78 is 6.33. The number of aliphatic carboxylic acids is 3. The summed E-state index contributed by atoms with van der Waals surface area (Å²) in [7, 11) is 0. The summed E-state index contributed by atoms with van der Waals surface area (Å²) >= 11 is 0. The first-order chi connectivity index (χ1) is 29.1. The molecule has 8 heteroatoms. The van der Waals surface area contributed by atoms with Crippen LogP contribution < -0.4 is 0 Å². The Balaban J connectivity index is 6.03. The molecule has 0 heterocycles. The van der Waals surface area contributed by atoms with Gasteiger partial charge in [-0.3, -0.25) is 14.4 Å². The van der Waals surface area contributed by atoms with Crippen LogP contribution in [0.2, 0.25) is 0 Å². The van der Waals surface area contributed by atoms with Crippen molar-refractivity contribution in [1.82, 2.24) is 0 Å². The van der Waals surface area contributed by atoms with E-state index in [2.05, 4.69) is 20.8 Å². The van der Waals surface area contributed by atoms with Crippen LogP contribution in [-0.4, -0.2) is 51.2 Å². The Kier molecular flexibility index (Phi) is 38.6. The van der Waals surface area contributed by atoms with Crippen LogP contribution in [0.15, 0.2) is 0 Å². The molecular formula is C52H98O8. The van der Waals surface area contributed by atoms with E-state index in [0.29, 0.717) is 25.7 Å². The molecule has 0 aromatic carbocycles. The van der Waals surface area contributed by atoms with Gasteiger partial charge in [0.25, 0.3) is 0 Å². The number of Topliss-reactive ketones (excluding diaryl/α,β-unsaturated/α-hetero) is 1. The Morgan fingerprint density at radius 2 is 0.667 bits per heavy atom. The standard InChI is InChI=1S/C52H98O8/c1-5-9-12-15-18-21-24-27-30-33-36-39-43-51(49(56)57,44-40-37-34-31-28-25-22-19-16-13-10-6-2)52(50(58)59,47(48(54)55)46(53)42-8-4)60-45-41-38-35-32-29-26-23-20-17-14-11-7-3/h47H,5-45H2,1-4H3,(H,54,55)(H,56,57)(H,58,59). The minimum Gasteiger partial charge on any atom is -0.481 e. The van der Waals surface area contributed by atoms with Gasteiger partial charge in [-0.05, 0) is 25.7 Å². The lowest BCUT2D eigenvalue weighted by atomic mass is 9.59. The van der Waals surface area contributed by atoms with Gasteiger partial charge in [0.15, 0.2) is 11.7 Å². The van der Waals surface area contributed by atoms with Crippen LogP contribution in [0.5, 0.6) is 0 Å². The molecule has 0 aromatic rings. The first-order valence-electron chi connectivity index (χ1n) is 26.0. The number of hydrogen-bond acceptors (Lipinski definition) is 5. The van der Waals surface area contributed by atoms with Gasteiger partial charge in [-0.15, -0.1) is 0 Å². The maximum absolute atomic E-state index is 13.8. The van der Waals surface area contributed by atoms with Crippen molar-refractivity contribution in [3.63, 3.8) is 0 Å². The van der Waals surface area contributed by atoms with Gasteiger partial charge in [-0.25, -0.2) is 4.79 Å². The summed E-state index contributed by atoms with van der Waals surface area (Å²) in [5.41, 5.74) is -4.79. The minimum absolute atomic E-state index is 0.0360. The molecule has 0 saturated heterocycles. The van der Waals surface area contributed by atoms with E-state index in [1.165, 1.54) is 135 Å². The average molecular weight is 851 g/mol. The highest BCUT2D eigenvalue weighted by molar-refractivity contribution is 6.06. The molecule has 0 aliphatic heterocycles. The number of rotatable bonds is 48. The first-order valence-corrected chi connectivity index (χ1v) is 26.0. The Morgan fingerprint density at radius 1 is 0.383 bits per heavy atom. The van der Waals surface area contributed by atoms with Gasteiger partial charge < -0.3 is 20.1 Å². The quantitative estimate of drug-likeness (QED) is 0.0406. The van der Waals surface area contributed by atoms with Gasteiger partial charge in [0.05, 0.1) is 0 Å². The summed E-state index contributed by atoms with van der Waals surface area (Å²) in [5, 5.41) is 33.2. The van der Waals surface area contributed by atoms with Crippen LogP contribution in [0.3, 0.4) is 0 Å². The highest BCUT2D eigenvalue weighted by atomic mass is 16.5. The molecule has 0 bridgehead atoms. The van der Waals surface area contributed by atoms with Crippen LogP contribution in [0.25, 0.3) is 0 Å². The summed E-state index contributed by atoms with van der Waals surface area (Å²) in [4.78, 5) is 54.6. The molecule has 354 valence electrons. The van der Waals surface area contributed by atoms with Gasteiger partial charge in [-0.1, -0.05) is 252 Å². The van der Waals surface area contributed by atoms with Crippen molar-refractivity contribution in [2.45, 2.75) is 290 Å². The largest absolute Gasteiger partial charge is 0.481 e. The molecule has 60 heavy (non-hydrogen) atoms. The molecular weight excluding hydrogens is 753 g/mol. The van der Waals surface area contributed by atoms with Crippen molar-refractivity contribution in [3.8, 4) is 0 Å². The molecule has 2 atom stereocenters. The van der Waals surface area contributed by atoms with E-state index in [1.54, 1.807) is 6.92 Å². The third-order valence-corrected chi connectivity index (χ3v) is 13.2. The number of carboxylic acids is 3. The fraction of sp³-hybridized carbons (Fsp3) is 0.923. The van der Waals surface area contributed by atoms with Gasteiger partial charge in [0.1, 0.15) is 5.41 Å². The molecule has 8 nitrogen and oxygen atoms in total. The fourth-order valence-electron chi connectivity index (χ4n) is 9.40. The third kappa shape index (κ3) is 25.2. The zero-order chi connectivity index (χ0) is 44.6. The maximum Gasteiger partial charge on any atom is 0.338 e. The lowest BCUT2D eigenvalue weighted by molar-refractivity contribution is -0.219. The maximum atomic E-state index is 13.8. The van der Waals surface area contributed by atoms with Gasteiger partial charge in [-0.2, -0.15) is 0 Å². The average Bonchev–Trinajstić information content (AvgIpc) is 3.21. The zero-order valence-corrected chi connectivity index (χ0v) is 40.0. The van der Waals surface area contributed by atoms with Crippen molar-refractivity contribution >= 4 is 23.7 Å². The summed E-state index contributed by atoms with van der Waals surface area (Å²) in [5.74, 6) is -7.49. The fourth-order valence-corrected chi connectivity index (χ4v) is 9.40. The lowest BCUT2D eigenvalue weighted by Crippen LogP contribution is -2.67. The van der Waals surface area contributed by atoms with Gasteiger partial charge >= 0.3 is 17.9 Å². The Morgan fingerprint density at radius 3 is 0.917 bits per heavy atom. The minimum atomic E-state index is -2.72. The monoisotopic (exact) mass is 851 g/mol. The number of hydrogen-bond donors (Lipinski definition) is 3. The van der Waals surface area contributed by atoms with Crippen molar-refractivity contribution in [1.29, 1.82) is 0 Å². The second kappa shape index (κ2) is 39.9. The Labute approximate surface area is 369 Å². The van der Waals surface area contributed by atoms with Crippen molar-refractivity contribution < 1.29 is 39.2 Å². The van der Waals surface area contributed by atoms with E-state index >= 15 is 0 Å². The second-order valence-electron chi connectivity index (χ2n) is 18.4. The molecule has 0 amide bonds. The SMILES string of the molecule is CCCCCCCCCCCCCCOC(C(=O)O)(C(C(=O)O)C(=O)CCC)C(CCCCCCCCCCCCCC)(CCCCCCCCCCCCCC)C(=O)O. The number of carboxylic acid groups (broad SMARTS) is 3. The number of carbonyl (C=O) groups excluding carboxylic acids is 1. The highest BCUT2D eigenvalue weighted by Crippen LogP contribution is 2.50. The topological polar surface area (TPSA) is 138 Å². The highest BCUT2D eigenvalue weighted by Gasteiger charge is 2.69. The number of unbranched alkanes of at least 4 members (excludes halogenated alkanes) is 33. The molecule has 0 fully saturated rings. The third-order valence-electron chi connectivity index (χ3n) is 13.2. The first kappa shape index (κ1) is 58.0. The predicted octanol–water partition coefficient (Wildman–Crippen LogP) is 15.9. The number of ether oxygens (including phenoxy) is 1. The van der Waals surface area contributed by atoms with Crippen molar-refractivity contribution in [2.24, 2.45) is 11.3 Å². The molecule has 0 aliphatic rings. The molecule has 0 spiro atoms. The Hall–Kier alpha value is -1.96. The van der Waals surface area contributed by atoms with E-state index in [1.807, 2.05) is 0 Å². The smallest absolute Gasteiger partial charge is 0.338 e. The molecule has 0 saturated carbocycles. The van der Waals surface area contributed by atoms with Crippen molar-refractivity contribution in [2.75, 3.05) is 6.61 Å². The van der Waals surface area contributed by atoms with Crippen LogP contribution in [0, 0.1) is 11.3 Å². The summed E-state index contributed by atoms with van der Waals surface area (Å²) in [6.07, 6.45) is 39.4. The summed E-state index contributed by atoms with van der Waals surface area (Å²) in [6.45, 7) is 8.33. The number of carbonyl (C=O) groups is 4.